The van der Waals surface area contributed by atoms with Crippen LogP contribution >= 0.6 is 0 Å². The number of nitrogens with zero attached hydrogens (tertiary/aromatic N) is 1. The van der Waals surface area contributed by atoms with Crippen LogP contribution in [-0.2, 0) is 4.74 Å². The Hall–Kier alpha value is -1.96. The van der Waals surface area contributed by atoms with Gasteiger partial charge in [-0.05, 0) is 6.92 Å². The van der Waals surface area contributed by atoms with Gasteiger partial charge in [0.2, 0.25) is 0 Å². The van der Waals surface area contributed by atoms with Gasteiger partial charge in [-0.1, -0.05) is 5.92 Å². The Labute approximate surface area is 75.5 Å². The third kappa shape index (κ3) is 2.52. The number of carbonyl (C=O) groups is 1. The van der Waals surface area contributed by atoms with Crippen LogP contribution in [0.3, 0.4) is 0 Å². The number of anilines is 1. The highest BCUT2D eigenvalue weighted by molar-refractivity contribution is 5.84. The number of aromatic amines is 1. The van der Waals surface area contributed by atoms with Gasteiger partial charge in [0.1, 0.15) is 5.82 Å². The van der Waals surface area contributed by atoms with Gasteiger partial charge in [0, 0.05) is 5.56 Å². The van der Waals surface area contributed by atoms with E-state index in [1.54, 1.807) is 13.1 Å². The molecule has 0 bridgehead atoms. The van der Waals surface area contributed by atoms with Crippen LogP contribution in [0.4, 0.5) is 10.6 Å². The number of nitrogens with one attached hydrogen (secondary N) is 2. The fraction of sp³-hybridized carbons (Fsp3) is 0.250. The molecule has 0 aliphatic carbocycles. The minimum Gasteiger partial charge on any atom is -0.436 e. The molecule has 5 nitrogen and oxygen atoms in total. The number of amides is 1. The molecule has 0 aromatic carbocycles. The number of rotatable bonds is 2. The maximum absolute atomic E-state index is 10.9. The topological polar surface area (TPSA) is 67.0 Å². The molecule has 0 saturated carbocycles. The van der Waals surface area contributed by atoms with Gasteiger partial charge < -0.3 is 4.74 Å². The second-order valence-corrected chi connectivity index (χ2v) is 2.33. The first-order chi connectivity index (χ1) is 6.24. The number of H-pyrrole nitrogens is 1. The van der Waals surface area contributed by atoms with Gasteiger partial charge >= 0.3 is 6.09 Å². The van der Waals surface area contributed by atoms with E-state index >= 15 is 0 Å². The summed E-state index contributed by atoms with van der Waals surface area (Å²) in [7, 11) is 0. The van der Waals surface area contributed by atoms with Crippen LogP contribution < -0.4 is 5.32 Å². The monoisotopic (exact) mass is 179 g/mol. The van der Waals surface area contributed by atoms with Crippen LogP contribution in [0.15, 0.2) is 6.20 Å². The molecule has 0 atom stereocenters. The van der Waals surface area contributed by atoms with Crippen molar-refractivity contribution in [3.8, 4) is 12.3 Å². The van der Waals surface area contributed by atoms with Crippen molar-refractivity contribution in [2.24, 2.45) is 0 Å². The molecule has 0 spiro atoms. The second kappa shape index (κ2) is 4.16. The van der Waals surface area contributed by atoms with E-state index in [2.05, 4.69) is 26.2 Å². The summed E-state index contributed by atoms with van der Waals surface area (Å²) in [5.41, 5.74) is 0.831. The largest absolute Gasteiger partial charge is 0.436 e. The van der Waals surface area contributed by atoms with Crippen molar-refractivity contribution in [1.82, 2.24) is 10.2 Å². The summed E-state index contributed by atoms with van der Waals surface area (Å²) in [5, 5.41) is 8.77. The molecule has 0 fully saturated rings. The standard InChI is InChI=1S/C8H9N3O2/c1-3-4-13-8(12)10-7-6(2)5-9-11-7/h1,5H,4H2,2H3,(H2,9,10,11,12). The van der Waals surface area contributed by atoms with Gasteiger partial charge in [-0.25, -0.2) is 4.79 Å². The van der Waals surface area contributed by atoms with E-state index in [1.807, 2.05) is 0 Å². The fourth-order valence-corrected chi connectivity index (χ4v) is 0.718. The van der Waals surface area contributed by atoms with Crippen LogP contribution in [0.5, 0.6) is 0 Å². The third-order valence-corrected chi connectivity index (χ3v) is 1.34. The molecule has 68 valence electrons. The highest BCUT2D eigenvalue weighted by Crippen LogP contribution is 2.07. The van der Waals surface area contributed by atoms with E-state index in [0.29, 0.717) is 5.82 Å². The van der Waals surface area contributed by atoms with Gasteiger partial charge in [-0.2, -0.15) is 5.10 Å². The van der Waals surface area contributed by atoms with Crippen LogP contribution in [0.2, 0.25) is 0 Å². The van der Waals surface area contributed by atoms with E-state index in [9.17, 15) is 4.79 Å². The Morgan fingerprint density at radius 2 is 2.69 bits per heavy atom. The van der Waals surface area contributed by atoms with E-state index < -0.39 is 6.09 Å². The maximum atomic E-state index is 10.9. The highest BCUT2D eigenvalue weighted by atomic mass is 16.5. The lowest BCUT2D eigenvalue weighted by Crippen LogP contribution is -2.14. The first-order valence-corrected chi connectivity index (χ1v) is 3.61. The van der Waals surface area contributed by atoms with Gasteiger partial charge in [-0.15, -0.1) is 6.42 Å². The lowest BCUT2D eigenvalue weighted by molar-refractivity contribution is 0.176. The summed E-state index contributed by atoms with van der Waals surface area (Å²) >= 11 is 0. The molecule has 1 heterocycles. The predicted octanol–water partition coefficient (Wildman–Crippen LogP) is 0.900. The molecule has 13 heavy (non-hydrogen) atoms. The number of aromatic nitrogens is 2. The zero-order valence-electron chi connectivity index (χ0n) is 7.13. The fourth-order valence-electron chi connectivity index (χ4n) is 0.718. The van der Waals surface area contributed by atoms with Crippen molar-refractivity contribution in [3.63, 3.8) is 0 Å². The molecule has 1 amide bonds. The Kier molecular flexibility index (Phi) is 2.92. The summed E-state index contributed by atoms with van der Waals surface area (Å²) in [6, 6.07) is 0. The molecule has 0 aliphatic heterocycles. The molecule has 0 saturated heterocycles. The summed E-state index contributed by atoms with van der Waals surface area (Å²) in [4.78, 5) is 10.9. The van der Waals surface area contributed by atoms with Crippen molar-refractivity contribution in [1.29, 1.82) is 0 Å². The SMILES string of the molecule is C#CCOC(=O)Nc1[nH]ncc1C. The predicted molar refractivity (Wildman–Crippen MR) is 47.1 cm³/mol. The number of aryl methyl sites for hydroxylation is 1. The zero-order chi connectivity index (χ0) is 9.68. The highest BCUT2D eigenvalue weighted by Gasteiger charge is 2.05. The molecule has 5 heteroatoms. The average molecular weight is 179 g/mol. The van der Waals surface area contributed by atoms with Crippen LogP contribution in [0.25, 0.3) is 0 Å². The van der Waals surface area contributed by atoms with Crippen LogP contribution in [0.1, 0.15) is 5.56 Å². The number of ether oxygens (including phenoxy) is 1. The van der Waals surface area contributed by atoms with Crippen LogP contribution in [-0.4, -0.2) is 22.9 Å². The summed E-state index contributed by atoms with van der Waals surface area (Å²) in [5.74, 6) is 2.70. The van der Waals surface area contributed by atoms with E-state index in [1.165, 1.54) is 0 Å². The molecular weight excluding hydrogens is 170 g/mol. The first kappa shape index (κ1) is 9.13. The lowest BCUT2D eigenvalue weighted by Gasteiger charge is -2.02. The zero-order valence-corrected chi connectivity index (χ0v) is 7.13. The Bertz CT molecular complexity index is 337. The summed E-state index contributed by atoms with van der Waals surface area (Å²) in [6.07, 6.45) is 5.91. The Balaban J connectivity index is 2.46. The molecule has 0 radical (unpaired) electrons. The molecule has 2 N–H and O–H groups in total. The number of carbonyl (C=O) groups excluding carboxylic acids is 1. The van der Waals surface area contributed by atoms with E-state index in [0.717, 1.165) is 5.56 Å². The summed E-state index contributed by atoms with van der Waals surface area (Å²) < 4.78 is 4.59. The molecule has 0 unspecified atom stereocenters. The van der Waals surface area contributed by atoms with Crippen molar-refractivity contribution >= 4 is 11.9 Å². The Morgan fingerprint density at radius 3 is 3.23 bits per heavy atom. The minimum atomic E-state index is -0.592. The molecular formula is C8H9N3O2. The molecule has 1 aromatic rings. The van der Waals surface area contributed by atoms with E-state index in [-0.39, 0.29) is 6.61 Å². The van der Waals surface area contributed by atoms with Crippen LogP contribution in [0, 0.1) is 19.3 Å². The van der Waals surface area contributed by atoms with Gasteiger partial charge in [0.05, 0.1) is 6.20 Å². The first-order valence-electron chi connectivity index (χ1n) is 3.61. The van der Waals surface area contributed by atoms with Gasteiger partial charge in [0.15, 0.2) is 6.61 Å². The normalized spacial score (nSPS) is 8.92. The van der Waals surface area contributed by atoms with E-state index in [4.69, 9.17) is 6.42 Å². The Morgan fingerprint density at radius 1 is 1.92 bits per heavy atom. The quantitative estimate of drug-likeness (QED) is 0.663. The number of hydrogen-bond donors (Lipinski definition) is 2. The summed E-state index contributed by atoms with van der Waals surface area (Å²) in [6.45, 7) is 1.76. The minimum absolute atomic E-state index is 0.0426. The molecule has 1 aromatic heterocycles. The number of hydrogen-bond acceptors (Lipinski definition) is 3. The van der Waals surface area contributed by atoms with Crippen molar-refractivity contribution in [2.75, 3.05) is 11.9 Å². The third-order valence-electron chi connectivity index (χ3n) is 1.34. The number of terminal acetylenes is 1. The average Bonchev–Trinajstić information content (AvgIpc) is 2.48. The van der Waals surface area contributed by atoms with Gasteiger partial charge in [0.25, 0.3) is 0 Å². The smallest absolute Gasteiger partial charge is 0.413 e. The molecule has 1 rings (SSSR count). The molecule has 0 aliphatic rings. The second-order valence-electron chi connectivity index (χ2n) is 2.33. The van der Waals surface area contributed by atoms with Gasteiger partial charge in [-0.3, -0.25) is 10.4 Å². The van der Waals surface area contributed by atoms with Crippen molar-refractivity contribution in [2.45, 2.75) is 6.92 Å². The van der Waals surface area contributed by atoms with Crippen molar-refractivity contribution < 1.29 is 9.53 Å². The lowest BCUT2D eigenvalue weighted by atomic mass is 10.4. The maximum Gasteiger partial charge on any atom is 0.413 e. The van der Waals surface area contributed by atoms with Crippen molar-refractivity contribution in [3.05, 3.63) is 11.8 Å².